The normalized spacial score (nSPS) is 16.5. The molecule has 0 bridgehead atoms. The van der Waals surface area contributed by atoms with Crippen molar-refractivity contribution in [1.29, 1.82) is 0 Å². The third-order valence-corrected chi connectivity index (χ3v) is 4.13. The highest BCUT2D eigenvalue weighted by molar-refractivity contribution is 5.72. The first kappa shape index (κ1) is 16.0. The number of ether oxygens (including phenoxy) is 1. The highest BCUT2D eigenvalue weighted by Crippen LogP contribution is 2.44. The first-order valence-electron chi connectivity index (χ1n) is 7.74. The fourth-order valence-electron chi connectivity index (χ4n) is 3.45. The lowest BCUT2D eigenvalue weighted by Gasteiger charge is -2.17. The zero-order chi connectivity index (χ0) is 14.4. The molecular formula is C17H28O2. The SMILES string of the molecule is CCOC(=O)CC1C(CC)=C(CC)C(CC)=C1CC. The molecule has 108 valence electrons. The molecule has 0 saturated carbocycles. The standard InChI is InChI=1S/C17H28O2/c1-6-12-13(7-2)15(9-4)16(14(12)8-3)11-17(18)19-10-5/h16H,6-11H2,1-5H3. The Morgan fingerprint density at radius 1 is 0.895 bits per heavy atom. The average Bonchev–Trinajstić information content (AvgIpc) is 2.70. The van der Waals surface area contributed by atoms with E-state index >= 15 is 0 Å². The van der Waals surface area contributed by atoms with Gasteiger partial charge in [0.15, 0.2) is 0 Å². The van der Waals surface area contributed by atoms with E-state index in [0.29, 0.717) is 18.9 Å². The Bertz CT molecular complexity index is 360. The lowest BCUT2D eigenvalue weighted by Crippen LogP contribution is -2.14. The van der Waals surface area contributed by atoms with E-state index in [1.54, 1.807) is 0 Å². The second kappa shape index (κ2) is 7.52. The minimum atomic E-state index is -0.0581. The van der Waals surface area contributed by atoms with Crippen molar-refractivity contribution >= 4 is 5.97 Å². The van der Waals surface area contributed by atoms with Gasteiger partial charge in [0.2, 0.25) is 0 Å². The predicted octanol–water partition coefficient (Wildman–Crippen LogP) is 4.80. The van der Waals surface area contributed by atoms with Gasteiger partial charge in [0.05, 0.1) is 13.0 Å². The van der Waals surface area contributed by atoms with Crippen LogP contribution in [0.15, 0.2) is 22.3 Å². The number of allylic oxidation sites excluding steroid dienone is 4. The molecule has 0 amide bonds. The Morgan fingerprint density at radius 2 is 1.37 bits per heavy atom. The van der Waals surface area contributed by atoms with Crippen molar-refractivity contribution in [2.24, 2.45) is 5.92 Å². The summed E-state index contributed by atoms with van der Waals surface area (Å²) >= 11 is 0. The molecule has 2 nitrogen and oxygen atoms in total. The fourth-order valence-corrected chi connectivity index (χ4v) is 3.45. The zero-order valence-corrected chi connectivity index (χ0v) is 13.1. The summed E-state index contributed by atoms with van der Waals surface area (Å²) < 4.78 is 5.14. The summed E-state index contributed by atoms with van der Waals surface area (Å²) in [4.78, 5) is 11.8. The molecule has 0 aromatic carbocycles. The van der Waals surface area contributed by atoms with Crippen molar-refractivity contribution in [2.45, 2.75) is 66.7 Å². The first-order chi connectivity index (χ1) is 9.14. The van der Waals surface area contributed by atoms with Crippen LogP contribution in [0.3, 0.4) is 0 Å². The van der Waals surface area contributed by atoms with Crippen LogP contribution in [0.4, 0.5) is 0 Å². The van der Waals surface area contributed by atoms with Crippen molar-refractivity contribution < 1.29 is 9.53 Å². The van der Waals surface area contributed by atoms with Crippen LogP contribution in [-0.2, 0) is 9.53 Å². The predicted molar refractivity (Wildman–Crippen MR) is 80.0 cm³/mol. The number of carbonyl (C=O) groups is 1. The molecule has 19 heavy (non-hydrogen) atoms. The van der Waals surface area contributed by atoms with Crippen LogP contribution in [0.1, 0.15) is 66.7 Å². The van der Waals surface area contributed by atoms with E-state index in [1.165, 1.54) is 22.3 Å². The van der Waals surface area contributed by atoms with Gasteiger partial charge < -0.3 is 4.74 Å². The molecule has 0 fully saturated rings. The molecule has 0 aliphatic heterocycles. The summed E-state index contributed by atoms with van der Waals surface area (Å²) in [6.45, 7) is 11.2. The monoisotopic (exact) mass is 264 g/mol. The third kappa shape index (κ3) is 3.29. The second-order valence-corrected chi connectivity index (χ2v) is 4.98. The van der Waals surface area contributed by atoms with Gasteiger partial charge in [-0.25, -0.2) is 0 Å². The van der Waals surface area contributed by atoms with E-state index in [0.717, 1.165) is 25.7 Å². The van der Waals surface area contributed by atoms with Crippen LogP contribution in [0.2, 0.25) is 0 Å². The van der Waals surface area contributed by atoms with Crippen LogP contribution in [0, 0.1) is 5.92 Å². The van der Waals surface area contributed by atoms with Gasteiger partial charge in [0, 0.05) is 5.92 Å². The van der Waals surface area contributed by atoms with Gasteiger partial charge in [-0.2, -0.15) is 0 Å². The number of rotatable bonds is 7. The molecular weight excluding hydrogens is 236 g/mol. The Balaban J connectivity index is 3.08. The maximum Gasteiger partial charge on any atom is 0.306 e. The molecule has 0 atom stereocenters. The average molecular weight is 264 g/mol. The smallest absolute Gasteiger partial charge is 0.306 e. The molecule has 2 heteroatoms. The van der Waals surface area contributed by atoms with Crippen LogP contribution >= 0.6 is 0 Å². The van der Waals surface area contributed by atoms with Gasteiger partial charge in [-0.05, 0) is 43.8 Å². The Kier molecular flexibility index (Phi) is 6.33. The van der Waals surface area contributed by atoms with E-state index in [4.69, 9.17) is 4.74 Å². The van der Waals surface area contributed by atoms with Gasteiger partial charge in [0.25, 0.3) is 0 Å². The molecule has 0 aromatic rings. The summed E-state index contributed by atoms with van der Waals surface area (Å²) in [7, 11) is 0. The lowest BCUT2D eigenvalue weighted by molar-refractivity contribution is -0.143. The quantitative estimate of drug-likeness (QED) is 0.617. The molecule has 0 radical (unpaired) electrons. The summed E-state index contributed by atoms with van der Waals surface area (Å²) in [5, 5.41) is 0. The number of carbonyl (C=O) groups excluding carboxylic acids is 1. The molecule has 0 spiro atoms. The van der Waals surface area contributed by atoms with Crippen molar-refractivity contribution in [2.75, 3.05) is 6.61 Å². The van der Waals surface area contributed by atoms with Gasteiger partial charge >= 0.3 is 5.97 Å². The number of esters is 1. The molecule has 0 aromatic heterocycles. The highest BCUT2D eigenvalue weighted by Gasteiger charge is 2.31. The highest BCUT2D eigenvalue weighted by atomic mass is 16.5. The zero-order valence-electron chi connectivity index (χ0n) is 13.1. The van der Waals surface area contributed by atoms with E-state index in [-0.39, 0.29) is 5.97 Å². The largest absolute Gasteiger partial charge is 0.466 e. The Hall–Kier alpha value is -1.05. The van der Waals surface area contributed by atoms with Crippen LogP contribution in [-0.4, -0.2) is 12.6 Å². The Morgan fingerprint density at radius 3 is 1.68 bits per heavy atom. The van der Waals surface area contributed by atoms with Gasteiger partial charge in [-0.3, -0.25) is 4.79 Å². The summed E-state index contributed by atoms with van der Waals surface area (Å²) in [5.41, 5.74) is 5.97. The van der Waals surface area contributed by atoms with Gasteiger partial charge in [-0.15, -0.1) is 0 Å². The van der Waals surface area contributed by atoms with Crippen molar-refractivity contribution in [3.05, 3.63) is 22.3 Å². The molecule has 0 saturated heterocycles. The molecule has 1 aliphatic carbocycles. The van der Waals surface area contributed by atoms with Crippen LogP contribution < -0.4 is 0 Å². The number of hydrogen-bond donors (Lipinski definition) is 0. The minimum Gasteiger partial charge on any atom is -0.466 e. The maximum absolute atomic E-state index is 11.8. The first-order valence-corrected chi connectivity index (χ1v) is 7.74. The molecule has 0 heterocycles. The van der Waals surface area contributed by atoms with E-state index in [2.05, 4.69) is 27.7 Å². The molecule has 0 N–H and O–H groups in total. The van der Waals surface area contributed by atoms with Crippen LogP contribution in [0.5, 0.6) is 0 Å². The fraction of sp³-hybridized carbons (Fsp3) is 0.706. The maximum atomic E-state index is 11.8. The van der Waals surface area contributed by atoms with E-state index in [1.807, 2.05) is 6.92 Å². The summed E-state index contributed by atoms with van der Waals surface area (Å²) in [6.07, 6.45) is 4.76. The molecule has 1 aliphatic rings. The van der Waals surface area contributed by atoms with Crippen LogP contribution in [0.25, 0.3) is 0 Å². The second-order valence-electron chi connectivity index (χ2n) is 4.98. The van der Waals surface area contributed by atoms with Gasteiger partial charge in [0.1, 0.15) is 0 Å². The van der Waals surface area contributed by atoms with E-state index < -0.39 is 0 Å². The summed E-state index contributed by atoms with van der Waals surface area (Å²) in [6, 6.07) is 0. The van der Waals surface area contributed by atoms with E-state index in [9.17, 15) is 4.79 Å². The van der Waals surface area contributed by atoms with Gasteiger partial charge in [-0.1, -0.05) is 38.8 Å². The topological polar surface area (TPSA) is 26.3 Å². The summed E-state index contributed by atoms with van der Waals surface area (Å²) in [5.74, 6) is 0.246. The molecule has 1 rings (SSSR count). The minimum absolute atomic E-state index is 0.0581. The lowest BCUT2D eigenvalue weighted by atomic mass is 9.88. The van der Waals surface area contributed by atoms with Crippen molar-refractivity contribution in [1.82, 2.24) is 0 Å². The van der Waals surface area contributed by atoms with Crippen molar-refractivity contribution in [3.63, 3.8) is 0 Å². The Labute approximate surface area is 117 Å². The molecule has 0 unspecified atom stereocenters. The van der Waals surface area contributed by atoms with Crippen molar-refractivity contribution in [3.8, 4) is 0 Å². The number of hydrogen-bond acceptors (Lipinski definition) is 2. The third-order valence-electron chi connectivity index (χ3n) is 4.13.